The second-order valence-electron chi connectivity index (χ2n) is 5.89. The molecule has 2 amide bonds. The summed E-state index contributed by atoms with van der Waals surface area (Å²) in [5.41, 5.74) is 6.61. The van der Waals surface area contributed by atoms with Crippen molar-refractivity contribution in [1.82, 2.24) is 4.90 Å². The highest BCUT2D eigenvalue weighted by Gasteiger charge is 2.52. The Hall–Kier alpha value is -2.09. The largest absolute Gasteiger partial charge is 0.394 e. The molecule has 2 N–H and O–H groups in total. The van der Waals surface area contributed by atoms with Crippen molar-refractivity contribution in [3.05, 3.63) is 35.4 Å². The Morgan fingerprint density at radius 2 is 1.96 bits per heavy atom. The third-order valence-corrected chi connectivity index (χ3v) is 4.12. The first-order valence-electron chi connectivity index (χ1n) is 7.43. The Morgan fingerprint density at radius 1 is 1.29 bits per heavy atom. The molecular formula is C16H19F3N2O3. The average Bonchev–Trinajstić information content (AvgIpc) is 2.93. The molecule has 0 spiro atoms. The molecule has 132 valence electrons. The maximum atomic E-state index is 13.0. The van der Waals surface area contributed by atoms with Crippen molar-refractivity contribution in [2.45, 2.75) is 19.2 Å². The Kier molecular flexibility index (Phi) is 5.48. The summed E-state index contributed by atoms with van der Waals surface area (Å²) >= 11 is 0. The van der Waals surface area contributed by atoms with Crippen molar-refractivity contribution in [3.8, 4) is 0 Å². The van der Waals surface area contributed by atoms with E-state index in [2.05, 4.69) is 0 Å². The Labute approximate surface area is 137 Å². The quantitative estimate of drug-likeness (QED) is 0.880. The van der Waals surface area contributed by atoms with E-state index in [0.717, 1.165) is 10.5 Å². The predicted octanol–water partition coefficient (Wildman–Crippen LogP) is 1.50. The van der Waals surface area contributed by atoms with Crippen LogP contribution in [0.4, 0.5) is 13.2 Å². The minimum atomic E-state index is -4.56. The molecule has 0 saturated carbocycles. The maximum absolute atomic E-state index is 13.0. The first-order chi connectivity index (χ1) is 11.2. The van der Waals surface area contributed by atoms with E-state index >= 15 is 0 Å². The van der Waals surface area contributed by atoms with Gasteiger partial charge in [-0.05, 0) is 11.1 Å². The smallest absolute Gasteiger partial charge is 0.380 e. The van der Waals surface area contributed by atoms with Crippen LogP contribution in [-0.4, -0.2) is 43.1 Å². The van der Waals surface area contributed by atoms with Gasteiger partial charge in [0.2, 0.25) is 11.8 Å². The van der Waals surface area contributed by atoms with Gasteiger partial charge in [-0.2, -0.15) is 13.2 Å². The molecule has 0 bridgehead atoms. The molecule has 1 aromatic carbocycles. The van der Waals surface area contributed by atoms with Crippen molar-refractivity contribution >= 4 is 11.8 Å². The van der Waals surface area contributed by atoms with Crippen molar-refractivity contribution in [3.63, 3.8) is 0 Å². The summed E-state index contributed by atoms with van der Waals surface area (Å²) < 4.78 is 44.0. The number of halogens is 3. The molecule has 1 fully saturated rings. The Morgan fingerprint density at radius 3 is 2.50 bits per heavy atom. The highest BCUT2D eigenvalue weighted by atomic mass is 19.4. The van der Waals surface area contributed by atoms with E-state index in [9.17, 15) is 22.8 Å². The molecule has 1 aromatic rings. The lowest BCUT2D eigenvalue weighted by Crippen LogP contribution is -2.37. The van der Waals surface area contributed by atoms with Crippen molar-refractivity contribution in [2.75, 3.05) is 20.2 Å². The number of likely N-dealkylation sites (tertiary alicyclic amines) is 1. The third-order valence-electron chi connectivity index (χ3n) is 4.12. The molecule has 1 heterocycles. The summed E-state index contributed by atoms with van der Waals surface area (Å²) in [5, 5.41) is 0. The first kappa shape index (κ1) is 18.3. The Bertz CT molecular complexity index is 619. The monoisotopic (exact) mass is 344 g/mol. The van der Waals surface area contributed by atoms with E-state index in [0.29, 0.717) is 12.2 Å². The number of rotatable bonds is 5. The minimum Gasteiger partial charge on any atom is -0.380 e. The van der Waals surface area contributed by atoms with Crippen LogP contribution in [0.2, 0.25) is 0 Å². The van der Waals surface area contributed by atoms with Crippen LogP contribution in [0.3, 0.4) is 0 Å². The van der Waals surface area contributed by atoms with Gasteiger partial charge in [0, 0.05) is 20.2 Å². The number of nitrogens with two attached hydrogens (primary N) is 1. The average molecular weight is 344 g/mol. The molecule has 5 nitrogen and oxygen atoms in total. The van der Waals surface area contributed by atoms with Crippen molar-refractivity contribution in [2.24, 2.45) is 17.6 Å². The fourth-order valence-corrected chi connectivity index (χ4v) is 2.91. The summed E-state index contributed by atoms with van der Waals surface area (Å²) in [5.74, 6) is -4.79. The zero-order chi connectivity index (χ0) is 17.9. The van der Waals surface area contributed by atoms with Gasteiger partial charge in [-0.1, -0.05) is 24.3 Å². The molecule has 0 aliphatic carbocycles. The molecule has 0 aromatic heterocycles. The molecule has 2 rings (SSSR count). The number of amides is 2. The van der Waals surface area contributed by atoms with Crippen LogP contribution < -0.4 is 5.73 Å². The number of hydrogen-bond donors (Lipinski definition) is 1. The number of ether oxygens (including phenoxy) is 1. The predicted molar refractivity (Wildman–Crippen MR) is 79.7 cm³/mol. The van der Waals surface area contributed by atoms with Crippen molar-refractivity contribution in [1.29, 1.82) is 0 Å². The van der Waals surface area contributed by atoms with Gasteiger partial charge in [-0.15, -0.1) is 0 Å². The lowest BCUT2D eigenvalue weighted by molar-refractivity contribution is -0.182. The summed E-state index contributed by atoms with van der Waals surface area (Å²) in [6.45, 7) is -0.449. The molecule has 1 aliphatic heterocycles. The van der Waals surface area contributed by atoms with Crippen LogP contribution in [-0.2, 0) is 27.4 Å². The fourth-order valence-electron chi connectivity index (χ4n) is 2.91. The Balaban J connectivity index is 2.08. The minimum absolute atomic E-state index is 0.0341. The topological polar surface area (TPSA) is 72.6 Å². The summed E-state index contributed by atoms with van der Waals surface area (Å²) in [7, 11) is 1.54. The molecule has 2 atom stereocenters. The summed E-state index contributed by atoms with van der Waals surface area (Å²) in [4.78, 5) is 24.6. The standard InChI is InChI=1S/C16H19F3N2O3/c1-24-9-11-4-2-3-10(5-11)6-14(22)21-7-12(15(20)23)13(8-21)16(17,18)19/h2-5,12-13H,6-9H2,1H3,(H2,20,23)/t12-,13-/m1/s1. The highest BCUT2D eigenvalue weighted by Crippen LogP contribution is 2.37. The second kappa shape index (κ2) is 7.21. The molecule has 8 heteroatoms. The molecule has 24 heavy (non-hydrogen) atoms. The van der Waals surface area contributed by atoms with Gasteiger partial charge in [0.25, 0.3) is 0 Å². The molecule has 0 unspecified atom stereocenters. The first-order valence-corrected chi connectivity index (χ1v) is 7.43. The van der Waals surface area contributed by atoms with Crippen molar-refractivity contribution < 1.29 is 27.5 Å². The number of carbonyl (C=O) groups excluding carboxylic acids is 2. The van der Waals surface area contributed by atoms with Gasteiger partial charge < -0.3 is 15.4 Å². The third kappa shape index (κ3) is 4.25. The van der Waals surface area contributed by atoms with Crippen LogP contribution >= 0.6 is 0 Å². The van der Waals surface area contributed by atoms with E-state index < -0.39 is 36.4 Å². The van der Waals surface area contributed by atoms with E-state index in [4.69, 9.17) is 10.5 Å². The normalized spacial score (nSPS) is 21.1. The van der Waals surface area contributed by atoms with E-state index in [1.807, 2.05) is 6.07 Å². The second-order valence-corrected chi connectivity index (χ2v) is 5.89. The summed E-state index contributed by atoms with van der Waals surface area (Å²) in [6.07, 6.45) is -4.60. The number of methoxy groups -OCH3 is 1. The van der Waals surface area contributed by atoms with Gasteiger partial charge in [-0.3, -0.25) is 9.59 Å². The van der Waals surface area contributed by atoms with Gasteiger partial charge in [-0.25, -0.2) is 0 Å². The van der Waals surface area contributed by atoms with Crippen LogP contribution in [0.1, 0.15) is 11.1 Å². The number of benzene rings is 1. The van der Waals surface area contributed by atoms with E-state index in [1.165, 1.54) is 0 Å². The van der Waals surface area contributed by atoms with Crippen LogP contribution in [0.15, 0.2) is 24.3 Å². The van der Waals surface area contributed by atoms with Gasteiger partial charge >= 0.3 is 6.18 Å². The zero-order valence-corrected chi connectivity index (χ0v) is 13.2. The zero-order valence-electron chi connectivity index (χ0n) is 13.2. The SMILES string of the molecule is COCc1cccc(CC(=O)N2C[C@@H](C(F)(F)F)[C@H](C(N)=O)C2)c1. The molecule has 1 saturated heterocycles. The van der Waals surface area contributed by atoms with Gasteiger partial charge in [0.15, 0.2) is 0 Å². The number of primary amides is 1. The maximum Gasteiger partial charge on any atom is 0.394 e. The van der Waals surface area contributed by atoms with Gasteiger partial charge in [0.1, 0.15) is 0 Å². The fraction of sp³-hybridized carbons (Fsp3) is 0.500. The molecule has 1 aliphatic rings. The van der Waals surface area contributed by atoms with Crippen LogP contribution in [0.25, 0.3) is 0 Å². The van der Waals surface area contributed by atoms with E-state index in [-0.39, 0.29) is 13.0 Å². The highest BCUT2D eigenvalue weighted by molar-refractivity contribution is 5.82. The lowest BCUT2D eigenvalue weighted by Gasteiger charge is -2.18. The lowest BCUT2D eigenvalue weighted by atomic mass is 9.95. The van der Waals surface area contributed by atoms with Crippen LogP contribution in [0, 0.1) is 11.8 Å². The number of nitrogens with zero attached hydrogens (tertiary/aromatic N) is 1. The number of alkyl halides is 3. The summed E-state index contributed by atoms with van der Waals surface area (Å²) in [6, 6.07) is 7.08. The molecular weight excluding hydrogens is 325 g/mol. The van der Waals surface area contributed by atoms with E-state index in [1.54, 1.807) is 25.3 Å². The van der Waals surface area contributed by atoms with Gasteiger partial charge in [0.05, 0.1) is 24.9 Å². The molecule has 0 radical (unpaired) electrons. The van der Waals surface area contributed by atoms with Crippen LogP contribution in [0.5, 0.6) is 0 Å². The number of carbonyl (C=O) groups is 2. The number of hydrogen-bond acceptors (Lipinski definition) is 3.